The Morgan fingerprint density at radius 2 is 1.27 bits per heavy atom. The Kier molecular flexibility index (Phi) is 8.59. The maximum absolute atomic E-state index is 12.6. The summed E-state index contributed by atoms with van der Waals surface area (Å²) in [5.41, 5.74) is 6.82. The normalized spacial score (nSPS) is 12.5. The van der Waals surface area contributed by atoms with Gasteiger partial charge in [-0.15, -0.1) is 0 Å². The van der Waals surface area contributed by atoms with Gasteiger partial charge < -0.3 is 25.2 Å². The largest absolute Gasteiger partial charge is 0.480 e. The van der Waals surface area contributed by atoms with Crippen LogP contribution in [0.3, 0.4) is 0 Å². The molecule has 0 radical (unpaired) electrons. The van der Waals surface area contributed by atoms with Gasteiger partial charge in [0.2, 0.25) is 0 Å². The van der Waals surface area contributed by atoms with E-state index in [1.54, 1.807) is 24.3 Å². The van der Waals surface area contributed by atoms with Crippen molar-refractivity contribution in [3.8, 4) is 11.1 Å². The molecule has 0 bridgehead atoms. The molecule has 0 heterocycles. The number of amides is 2. The summed E-state index contributed by atoms with van der Waals surface area (Å²) in [6.07, 6.45) is -1.24. The van der Waals surface area contributed by atoms with Crippen LogP contribution in [0.15, 0.2) is 103 Å². The lowest BCUT2D eigenvalue weighted by Gasteiger charge is -2.17. The molecule has 1 atom stereocenters. The van der Waals surface area contributed by atoms with Gasteiger partial charge in [0.25, 0.3) is 0 Å². The molecular weight excluding hydrogens is 520 g/mol. The Morgan fingerprint density at radius 3 is 1.90 bits per heavy atom. The fourth-order valence-electron chi connectivity index (χ4n) is 4.96. The highest BCUT2D eigenvalue weighted by Gasteiger charge is 2.29. The van der Waals surface area contributed by atoms with Crippen molar-refractivity contribution in [3.63, 3.8) is 0 Å². The van der Waals surface area contributed by atoms with Gasteiger partial charge >= 0.3 is 18.2 Å². The van der Waals surface area contributed by atoms with Crippen molar-refractivity contribution < 1.29 is 29.0 Å². The number of benzene rings is 4. The van der Waals surface area contributed by atoms with Crippen molar-refractivity contribution in [2.24, 2.45) is 0 Å². The molecule has 1 aliphatic carbocycles. The minimum Gasteiger partial charge on any atom is -0.480 e. The summed E-state index contributed by atoms with van der Waals surface area (Å²) in [5.74, 6) is -1.28. The van der Waals surface area contributed by atoms with E-state index in [1.807, 2.05) is 78.9 Å². The monoisotopic (exact) mass is 550 g/mol. The molecule has 0 saturated carbocycles. The highest BCUT2D eigenvalue weighted by molar-refractivity contribution is 5.81. The zero-order valence-corrected chi connectivity index (χ0v) is 22.3. The summed E-state index contributed by atoms with van der Waals surface area (Å²) in [4.78, 5) is 36.5. The van der Waals surface area contributed by atoms with Gasteiger partial charge in [-0.25, -0.2) is 14.4 Å². The fourth-order valence-corrected chi connectivity index (χ4v) is 4.96. The number of carboxylic acid groups (broad SMARTS) is 1. The van der Waals surface area contributed by atoms with Crippen LogP contribution in [0.5, 0.6) is 0 Å². The molecule has 1 aliphatic rings. The van der Waals surface area contributed by atoms with Crippen LogP contribution in [-0.4, -0.2) is 35.9 Å². The van der Waals surface area contributed by atoms with Gasteiger partial charge in [0.15, 0.2) is 0 Å². The van der Waals surface area contributed by atoms with Crippen LogP contribution < -0.4 is 10.6 Å². The molecule has 3 N–H and O–H groups in total. The maximum Gasteiger partial charge on any atom is 0.407 e. The third kappa shape index (κ3) is 6.91. The Bertz CT molecular complexity index is 1480. The van der Waals surface area contributed by atoms with Crippen LogP contribution in [0.1, 0.15) is 33.7 Å². The molecule has 4 aromatic carbocycles. The highest BCUT2D eigenvalue weighted by Crippen LogP contribution is 2.44. The smallest absolute Gasteiger partial charge is 0.407 e. The first-order chi connectivity index (χ1) is 20.0. The van der Waals surface area contributed by atoms with E-state index in [2.05, 4.69) is 10.6 Å². The predicted octanol–water partition coefficient (Wildman–Crippen LogP) is 5.65. The Labute approximate surface area is 237 Å². The number of alkyl carbamates (subject to hydrolysis) is 2. The molecular formula is C33H30N2O6. The van der Waals surface area contributed by atoms with E-state index in [-0.39, 0.29) is 32.1 Å². The standard InChI is InChI=1S/C33H30N2O6/c36-31(37)30(18-22-14-16-23(17-15-22)19-34-32(38)40-20-24-8-2-1-3-9-24)35-33(39)41-21-29-27-12-6-4-10-25(27)26-11-5-7-13-28(26)29/h1-17,29-30H,18-21H2,(H,34,38)(H,35,39)(H,36,37)/t30-/m0/s1. The van der Waals surface area contributed by atoms with Crippen LogP contribution in [-0.2, 0) is 33.8 Å². The van der Waals surface area contributed by atoms with Crippen molar-refractivity contribution in [2.45, 2.75) is 31.5 Å². The van der Waals surface area contributed by atoms with E-state index in [4.69, 9.17) is 9.47 Å². The van der Waals surface area contributed by atoms with Gasteiger partial charge in [0.1, 0.15) is 19.3 Å². The summed E-state index contributed by atoms with van der Waals surface area (Å²) in [7, 11) is 0. The minimum absolute atomic E-state index is 0.0757. The molecule has 8 nitrogen and oxygen atoms in total. The molecule has 0 aromatic heterocycles. The van der Waals surface area contributed by atoms with Crippen LogP contribution >= 0.6 is 0 Å². The Morgan fingerprint density at radius 1 is 0.683 bits per heavy atom. The summed E-state index contributed by atoms with van der Waals surface area (Å²) in [6.45, 7) is 0.537. The van der Waals surface area contributed by atoms with E-state index in [0.29, 0.717) is 5.56 Å². The first-order valence-corrected chi connectivity index (χ1v) is 13.3. The van der Waals surface area contributed by atoms with Crippen LogP contribution in [0.25, 0.3) is 11.1 Å². The number of aliphatic carboxylic acids is 1. The van der Waals surface area contributed by atoms with Gasteiger partial charge in [0.05, 0.1) is 0 Å². The lowest BCUT2D eigenvalue weighted by molar-refractivity contribution is -0.139. The van der Waals surface area contributed by atoms with Crippen LogP contribution in [0, 0.1) is 0 Å². The molecule has 0 saturated heterocycles. The van der Waals surface area contributed by atoms with Gasteiger partial charge in [-0.2, -0.15) is 0 Å². The van der Waals surface area contributed by atoms with Crippen molar-refractivity contribution in [3.05, 3.63) is 131 Å². The molecule has 0 unspecified atom stereocenters. The van der Waals surface area contributed by atoms with E-state index in [0.717, 1.165) is 33.4 Å². The topological polar surface area (TPSA) is 114 Å². The second-order valence-electron chi connectivity index (χ2n) is 9.80. The molecule has 4 aromatic rings. The molecule has 41 heavy (non-hydrogen) atoms. The number of carboxylic acids is 1. The lowest BCUT2D eigenvalue weighted by Crippen LogP contribution is -2.42. The third-order valence-corrected chi connectivity index (χ3v) is 7.05. The SMILES string of the molecule is O=C(NCc1ccc(C[C@H](NC(=O)OCC2c3ccccc3-c3ccccc32)C(=O)O)cc1)OCc1ccccc1. The summed E-state index contributed by atoms with van der Waals surface area (Å²) in [5, 5.41) is 14.9. The van der Waals surface area contributed by atoms with Gasteiger partial charge in [-0.05, 0) is 38.9 Å². The summed E-state index contributed by atoms with van der Waals surface area (Å²) >= 11 is 0. The van der Waals surface area contributed by atoms with E-state index < -0.39 is 24.2 Å². The minimum atomic E-state index is -1.16. The molecule has 0 aliphatic heterocycles. The number of ether oxygens (including phenoxy) is 2. The summed E-state index contributed by atoms with van der Waals surface area (Å²) < 4.78 is 10.7. The number of nitrogens with one attached hydrogen (secondary N) is 2. The van der Waals surface area contributed by atoms with Crippen molar-refractivity contribution in [2.75, 3.05) is 6.61 Å². The first kappa shape index (κ1) is 27.5. The number of fused-ring (bicyclic) bond motifs is 3. The maximum atomic E-state index is 12.6. The van der Waals surface area contributed by atoms with E-state index in [9.17, 15) is 19.5 Å². The van der Waals surface area contributed by atoms with Crippen molar-refractivity contribution >= 4 is 18.2 Å². The number of rotatable bonds is 10. The lowest BCUT2D eigenvalue weighted by atomic mass is 9.98. The quantitative estimate of drug-likeness (QED) is 0.235. The number of hydrogen-bond acceptors (Lipinski definition) is 5. The zero-order chi connectivity index (χ0) is 28.6. The second-order valence-corrected chi connectivity index (χ2v) is 9.80. The molecule has 208 valence electrons. The molecule has 0 spiro atoms. The first-order valence-electron chi connectivity index (χ1n) is 13.3. The van der Waals surface area contributed by atoms with Crippen molar-refractivity contribution in [1.82, 2.24) is 10.6 Å². The number of carbonyl (C=O) groups excluding carboxylic acids is 2. The third-order valence-electron chi connectivity index (χ3n) is 7.05. The van der Waals surface area contributed by atoms with Gasteiger partial charge in [-0.3, -0.25) is 0 Å². The summed E-state index contributed by atoms with van der Waals surface area (Å²) in [6, 6.07) is 31.4. The predicted molar refractivity (Wildman–Crippen MR) is 153 cm³/mol. The fraction of sp³-hybridized carbons (Fsp3) is 0.182. The molecule has 0 fully saturated rings. The molecule has 8 heteroatoms. The van der Waals surface area contributed by atoms with Crippen LogP contribution in [0.2, 0.25) is 0 Å². The Hall–Kier alpha value is -5.11. The highest BCUT2D eigenvalue weighted by atomic mass is 16.6. The Balaban J connectivity index is 1.11. The van der Waals surface area contributed by atoms with Gasteiger partial charge in [0, 0.05) is 18.9 Å². The van der Waals surface area contributed by atoms with Crippen molar-refractivity contribution in [1.29, 1.82) is 0 Å². The van der Waals surface area contributed by atoms with Crippen LogP contribution in [0.4, 0.5) is 9.59 Å². The molecule has 5 rings (SSSR count). The van der Waals surface area contributed by atoms with Gasteiger partial charge in [-0.1, -0.05) is 103 Å². The average molecular weight is 551 g/mol. The van der Waals surface area contributed by atoms with E-state index >= 15 is 0 Å². The van der Waals surface area contributed by atoms with E-state index in [1.165, 1.54) is 0 Å². The zero-order valence-electron chi connectivity index (χ0n) is 22.3. The molecule has 2 amide bonds. The number of hydrogen-bond donors (Lipinski definition) is 3. The second kappa shape index (κ2) is 12.8. The number of carbonyl (C=O) groups is 3. The average Bonchev–Trinajstić information content (AvgIpc) is 3.32.